The van der Waals surface area contributed by atoms with E-state index in [1.54, 1.807) is 0 Å². The number of hydrogen-bond acceptors (Lipinski definition) is 2. The SMILES string of the molecule is CN1CCN(C)C1=NS. The molecule has 1 rings (SSSR count). The topological polar surface area (TPSA) is 18.8 Å². The first kappa shape index (κ1) is 6.74. The van der Waals surface area contributed by atoms with E-state index in [4.69, 9.17) is 0 Å². The van der Waals surface area contributed by atoms with Crippen LogP contribution in [0.1, 0.15) is 0 Å². The van der Waals surface area contributed by atoms with Crippen molar-refractivity contribution < 1.29 is 0 Å². The summed E-state index contributed by atoms with van der Waals surface area (Å²) >= 11 is 3.84. The Hall–Kier alpha value is -0.380. The predicted octanol–water partition coefficient (Wildman–Crippen LogP) is 0.0644. The monoisotopic (exact) mass is 145 g/mol. The Balaban J connectivity index is 2.66. The Morgan fingerprint density at radius 1 is 1.33 bits per heavy atom. The zero-order valence-electron chi connectivity index (χ0n) is 5.70. The Morgan fingerprint density at radius 3 is 2.00 bits per heavy atom. The number of hydrogen-bond donors (Lipinski definition) is 1. The van der Waals surface area contributed by atoms with Crippen molar-refractivity contribution in [2.45, 2.75) is 0 Å². The second-order valence-corrected chi connectivity index (χ2v) is 2.44. The highest BCUT2D eigenvalue weighted by Gasteiger charge is 2.18. The number of likely N-dealkylation sites (N-methyl/N-ethyl adjacent to an activating group) is 2. The Morgan fingerprint density at radius 2 is 1.78 bits per heavy atom. The number of guanidine groups is 1. The van der Waals surface area contributed by atoms with Crippen molar-refractivity contribution in [2.75, 3.05) is 27.2 Å². The number of nitrogens with zero attached hydrogens (tertiary/aromatic N) is 3. The first-order valence-corrected chi connectivity index (χ1v) is 3.30. The van der Waals surface area contributed by atoms with Crippen LogP contribution in [0.3, 0.4) is 0 Å². The summed E-state index contributed by atoms with van der Waals surface area (Å²) in [6.45, 7) is 2.10. The summed E-state index contributed by atoms with van der Waals surface area (Å²) in [6, 6.07) is 0. The Bertz CT molecular complexity index is 122. The zero-order chi connectivity index (χ0) is 6.85. The van der Waals surface area contributed by atoms with Gasteiger partial charge in [0.05, 0.1) is 0 Å². The van der Waals surface area contributed by atoms with E-state index in [0.717, 1.165) is 19.0 Å². The Labute approximate surface area is 60.9 Å². The second kappa shape index (κ2) is 2.47. The molecule has 0 aromatic heterocycles. The van der Waals surface area contributed by atoms with E-state index in [2.05, 4.69) is 27.0 Å². The van der Waals surface area contributed by atoms with Crippen molar-refractivity contribution in [2.24, 2.45) is 4.40 Å². The van der Waals surface area contributed by atoms with Crippen molar-refractivity contribution >= 4 is 18.8 Å². The van der Waals surface area contributed by atoms with Gasteiger partial charge < -0.3 is 9.80 Å². The molecule has 0 bridgehead atoms. The van der Waals surface area contributed by atoms with Gasteiger partial charge in [0.25, 0.3) is 0 Å². The number of rotatable bonds is 0. The van der Waals surface area contributed by atoms with Crippen LogP contribution in [0.15, 0.2) is 4.40 Å². The third-order valence-electron chi connectivity index (χ3n) is 1.54. The standard InChI is InChI=1S/C5H11N3S/c1-7-3-4-8(2)5(7)6-9/h9H,3-4H2,1-2H3. The van der Waals surface area contributed by atoms with E-state index in [0.29, 0.717) is 0 Å². The van der Waals surface area contributed by atoms with E-state index >= 15 is 0 Å². The molecule has 1 fully saturated rings. The number of thiol groups is 1. The molecular formula is C5H11N3S. The van der Waals surface area contributed by atoms with Crippen LogP contribution in [0.5, 0.6) is 0 Å². The molecular weight excluding hydrogens is 134 g/mol. The quantitative estimate of drug-likeness (QED) is 0.486. The fourth-order valence-corrected chi connectivity index (χ4v) is 1.25. The van der Waals surface area contributed by atoms with Crippen LogP contribution in [0.2, 0.25) is 0 Å². The lowest BCUT2D eigenvalue weighted by atomic mass is 10.6. The maximum Gasteiger partial charge on any atom is 0.207 e. The minimum atomic E-state index is 0.957. The van der Waals surface area contributed by atoms with E-state index < -0.39 is 0 Å². The van der Waals surface area contributed by atoms with Crippen molar-refractivity contribution in [3.8, 4) is 0 Å². The molecule has 3 nitrogen and oxygen atoms in total. The van der Waals surface area contributed by atoms with E-state index in [-0.39, 0.29) is 0 Å². The molecule has 1 heterocycles. The lowest BCUT2D eigenvalue weighted by Crippen LogP contribution is -2.27. The molecule has 52 valence electrons. The summed E-state index contributed by atoms with van der Waals surface area (Å²) in [7, 11) is 4.02. The van der Waals surface area contributed by atoms with Gasteiger partial charge in [0.2, 0.25) is 5.96 Å². The molecule has 0 atom stereocenters. The average molecular weight is 145 g/mol. The van der Waals surface area contributed by atoms with Crippen LogP contribution in [-0.2, 0) is 0 Å². The second-order valence-electron chi connectivity index (χ2n) is 2.24. The third-order valence-corrected chi connectivity index (χ3v) is 1.72. The smallest absolute Gasteiger partial charge is 0.207 e. The molecule has 0 amide bonds. The summed E-state index contributed by atoms with van der Waals surface area (Å²) < 4.78 is 3.81. The van der Waals surface area contributed by atoms with E-state index in [1.165, 1.54) is 0 Å². The summed E-state index contributed by atoms with van der Waals surface area (Å²) in [5.74, 6) is 0.957. The predicted molar refractivity (Wildman–Crippen MR) is 41.7 cm³/mol. The van der Waals surface area contributed by atoms with Crippen LogP contribution < -0.4 is 0 Å². The summed E-state index contributed by atoms with van der Waals surface area (Å²) in [6.07, 6.45) is 0. The maximum atomic E-state index is 3.84. The fraction of sp³-hybridized carbons (Fsp3) is 0.800. The molecule has 9 heavy (non-hydrogen) atoms. The van der Waals surface area contributed by atoms with Gasteiger partial charge in [-0.25, -0.2) is 0 Å². The van der Waals surface area contributed by atoms with Crippen molar-refractivity contribution in [1.82, 2.24) is 9.80 Å². The van der Waals surface area contributed by atoms with Gasteiger partial charge in [-0.2, -0.15) is 4.40 Å². The van der Waals surface area contributed by atoms with Gasteiger partial charge >= 0.3 is 0 Å². The lowest BCUT2D eigenvalue weighted by Gasteiger charge is -2.13. The summed E-state index contributed by atoms with van der Waals surface area (Å²) in [4.78, 5) is 4.15. The molecule has 1 saturated heterocycles. The molecule has 1 aliphatic heterocycles. The zero-order valence-corrected chi connectivity index (χ0v) is 6.60. The minimum Gasteiger partial charge on any atom is -0.343 e. The molecule has 0 aromatic rings. The average Bonchev–Trinajstić information content (AvgIpc) is 2.12. The molecule has 0 aromatic carbocycles. The largest absolute Gasteiger partial charge is 0.343 e. The van der Waals surface area contributed by atoms with Crippen LogP contribution in [-0.4, -0.2) is 42.9 Å². The molecule has 0 unspecified atom stereocenters. The molecule has 0 N–H and O–H groups in total. The van der Waals surface area contributed by atoms with Gasteiger partial charge in [0.1, 0.15) is 0 Å². The van der Waals surface area contributed by atoms with E-state index in [1.807, 2.05) is 14.1 Å². The van der Waals surface area contributed by atoms with Gasteiger partial charge in [0, 0.05) is 27.2 Å². The molecule has 0 saturated carbocycles. The van der Waals surface area contributed by atoms with Crippen molar-refractivity contribution in [1.29, 1.82) is 0 Å². The maximum absolute atomic E-state index is 3.84. The minimum absolute atomic E-state index is 0.957. The molecule has 1 aliphatic rings. The first-order chi connectivity index (χ1) is 4.25. The van der Waals surface area contributed by atoms with Crippen LogP contribution in [0.25, 0.3) is 0 Å². The summed E-state index contributed by atoms with van der Waals surface area (Å²) in [5, 5.41) is 0. The van der Waals surface area contributed by atoms with Gasteiger partial charge in [-0.3, -0.25) is 0 Å². The third kappa shape index (κ3) is 1.13. The normalized spacial score (nSPS) is 19.2. The highest BCUT2D eigenvalue weighted by Crippen LogP contribution is 2.03. The van der Waals surface area contributed by atoms with Gasteiger partial charge in [-0.1, -0.05) is 0 Å². The van der Waals surface area contributed by atoms with Crippen LogP contribution in [0, 0.1) is 0 Å². The summed E-state index contributed by atoms with van der Waals surface area (Å²) in [5.41, 5.74) is 0. The van der Waals surface area contributed by atoms with Crippen LogP contribution in [0.4, 0.5) is 0 Å². The molecule has 0 radical (unpaired) electrons. The molecule has 4 heteroatoms. The van der Waals surface area contributed by atoms with E-state index in [9.17, 15) is 0 Å². The lowest BCUT2D eigenvalue weighted by molar-refractivity contribution is 0.553. The highest BCUT2D eigenvalue weighted by molar-refractivity contribution is 7.79. The molecule has 0 aliphatic carbocycles. The van der Waals surface area contributed by atoms with Gasteiger partial charge in [-0.05, 0) is 12.8 Å². The van der Waals surface area contributed by atoms with Crippen LogP contribution >= 0.6 is 12.8 Å². The first-order valence-electron chi connectivity index (χ1n) is 2.90. The fourth-order valence-electron chi connectivity index (χ4n) is 0.944. The van der Waals surface area contributed by atoms with Crippen molar-refractivity contribution in [3.05, 3.63) is 0 Å². The Kier molecular flexibility index (Phi) is 1.85. The highest BCUT2D eigenvalue weighted by atomic mass is 32.1. The van der Waals surface area contributed by atoms with Gasteiger partial charge in [-0.15, -0.1) is 0 Å². The van der Waals surface area contributed by atoms with Crippen molar-refractivity contribution in [3.63, 3.8) is 0 Å². The van der Waals surface area contributed by atoms with Gasteiger partial charge in [0.15, 0.2) is 0 Å². The molecule has 0 spiro atoms.